The van der Waals surface area contributed by atoms with Crippen molar-refractivity contribution in [2.75, 3.05) is 13.1 Å². The summed E-state index contributed by atoms with van der Waals surface area (Å²) in [6.45, 7) is 5.52. The summed E-state index contributed by atoms with van der Waals surface area (Å²) in [5.41, 5.74) is 2.45. The fourth-order valence-electron chi connectivity index (χ4n) is 3.49. The van der Waals surface area contributed by atoms with Crippen molar-refractivity contribution in [3.63, 3.8) is 0 Å². The molecule has 1 fully saturated rings. The van der Waals surface area contributed by atoms with E-state index in [1.165, 1.54) is 5.56 Å². The molecule has 1 aliphatic rings. The van der Waals surface area contributed by atoms with Crippen LogP contribution < -0.4 is 4.74 Å². The normalized spacial score (nSPS) is 16.5. The lowest BCUT2D eigenvalue weighted by molar-refractivity contribution is -0.139. The summed E-state index contributed by atoms with van der Waals surface area (Å²) in [6, 6.07) is 18.5. The molecule has 0 aromatic heterocycles. The summed E-state index contributed by atoms with van der Waals surface area (Å²) in [6.07, 6.45) is 2.81. The lowest BCUT2D eigenvalue weighted by Gasteiger charge is -2.33. The summed E-state index contributed by atoms with van der Waals surface area (Å²) >= 11 is 0. The molecule has 1 atom stereocenters. The Hall–Kier alpha value is -2.29. The van der Waals surface area contributed by atoms with E-state index in [-0.39, 0.29) is 5.91 Å². The van der Waals surface area contributed by atoms with E-state index in [9.17, 15) is 4.79 Å². The first-order chi connectivity index (χ1) is 12.1. The number of piperidine rings is 1. The second-order valence-corrected chi connectivity index (χ2v) is 6.98. The molecule has 0 saturated carbocycles. The van der Waals surface area contributed by atoms with Gasteiger partial charge in [-0.15, -0.1) is 0 Å². The smallest absolute Gasteiger partial charge is 0.263 e. The van der Waals surface area contributed by atoms with Gasteiger partial charge in [0.25, 0.3) is 5.91 Å². The highest BCUT2D eigenvalue weighted by Crippen LogP contribution is 2.23. The van der Waals surface area contributed by atoms with E-state index in [0.717, 1.165) is 43.7 Å². The molecule has 0 spiro atoms. The van der Waals surface area contributed by atoms with Crippen molar-refractivity contribution in [3.05, 3.63) is 65.7 Å². The summed E-state index contributed by atoms with van der Waals surface area (Å²) in [5.74, 6) is 1.56. The predicted octanol–water partition coefficient (Wildman–Crippen LogP) is 4.24. The van der Waals surface area contributed by atoms with Crippen LogP contribution in [0.5, 0.6) is 5.75 Å². The summed E-state index contributed by atoms with van der Waals surface area (Å²) < 4.78 is 5.89. The van der Waals surface area contributed by atoms with Gasteiger partial charge in [0.05, 0.1) is 0 Å². The number of amides is 1. The van der Waals surface area contributed by atoms with Crippen molar-refractivity contribution in [3.8, 4) is 5.75 Å². The zero-order chi connectivity index (χ0) is 17.6. The van der Waals surface area contributed by atoms with Gasteiger partial charge in [-0.3, -0.25) is 4.79 Å². The van der Waals surface area contributed by atoms with Crippen molar-refractivity contribution in [1.82, 2.24) is 4.90 Å². The number of para-hydroxylation sites is 1. The van der Waals surface area contributed by atoms with Gasteiger partial charge in [0.15, 0.2) is 6.10 Å². The largest absolute Gasteiger partial charge is 0.481 e. The van der Waals surface area contributed by atoms with E-state index in [1.54, 1.807) is 0 Å². The number of hydrogen-bond acceptors (Lipinski definition) is 2. The highest BCUT2D eigenvalue weighted by atomic mass is 16.5. The Balaban J connectivity index is 1.50. The number of likely N-dealkylation sites (tertiary alicyclic amines) is 1. The molecule has 3 heteroatoms. The van der Waals surface area contributed by atoms with Gasteiger partial charge in [-0.05, 0) is 56.2 Å². The molecule has 1 heterocycles. The number of ether oxygens (including phenoxy) is 1. The number of carbonyl (C=O) groups excluding carboxylic acids is 1. The average Bonchev–Trinajstić information content (AvgIpc) is 2.64. The average molecular weight is 337 g/mol. The molecular weight excluding hydrogens is 310 g/mol. The van der Waals surface area contributed by atoms with Crippen LogP contribution in [0.4, 0.5) is 0 Å². The minimum atomic E-state index is -0.438. The number of hydrogen-bond donors (Lipinski definition) is 0. The molecule has 0 bridgehead atoms. The van der Waals surface area contributed by atoms with Crippen LogP contribution in [0.1, 0.15) is 30.9 Å². The zero-order valence-electron chi connectivity index (χ0n) is 15.2. The lowest BCUT2D eigenvalue weighted by atomic mass is 9.90. The molecular formula is C22H27NO2. The van der Waals surface area contributed by atoms with E-state index in [2.05, 4.69) is 30.3 Å². The van der Waals surface area contributed by atoms with Crippen LogP contribution in [0.3, 0.4) is 0 Å². The van der Waals surface area contributed by atoms with Crippen molar-refractivity contribution in [1.29, 1.82) is 0 Å². The van der Waals surface area contributed by atoms with Crippen molar-refractivity contribution < 1.29 is 9.53 Å². The molecule has 3 nitrogen and oxygen atoms in total. The molecule has 3 rings (SSSR count). The standard InChI is InChI=1S/C22H27NO2/c1-17-8-6-7-11-21(17)25-18(2)22(24)23-14-12-20(13-15-23)16-19-9-4-3-5-10-19/h3-11,18,20H,12-16H2,1-2H3/t18-/m1/s1. The number of nitrogens with zero attached hydrogens (tertiary/aromatic N) is 1. The monoisotopic (exact) mass is 337 g/mol. The van der Waals surface area contributed by atoms with Gasteiger partial charge in [-0.2, -0.15) is 0 Å². The van der Waals surface area contributed by atoms with Gasteiger partial charge >= 0.3 is 0 Å². The van der Waals surface area contributed by atoms with E-state index >= 15 is 0 Å². The third kappa shape index (κ3) is 4.62. The van der Waals surface area contributed by atoms with Crippen LogP contribution in [-0.2, 0) is 11.2 Å². The van der Waals surface area contributed by atoms with Crippen LogP contribution in [0.15, 0.2) is 54.6 Å². The van der Waals surface area contributed by atoms with Gasteiger partial charge in [-0.1, -0.05) is 48.5 Å². The first-order valence-electron chi connectivity index (χ1n) is 9.18. The van der Waals surface area contributed by atoms with Gasteiger partial charge in [0.1, 0.15) is 5.75 Å². The van der Waals surface area contributed by atoms with Gasteiger partial charge < -0.3 is 9.64 Å². The van der Waals surface area contributed by atoms with Crippen molar-refractivity contribution in [2.45, 2.75) is 39.2 Å². The summed E-state index contributed by atoms with van der Waals surface area (Å²) in [4.78, 5) is 14.6. The lowest BCUT2D eigenvalue weighted by Crippen LogP contribution is -2.45. The molecule has 1 saturated heterocycles. The van der Waals surface area contributed by atoms with Crippen LogP contribution >= 0.6 is 0 Å². The predicted molar refractivity (Wildman–Crippen MR) is 101 cm³/mol. The Morgan fingerprint density at radius 3 is 2.40 bits per heavy atom. The van der Waals surface area contributed by atoms with Crippen LogP contribution in [0.25, 0.3) is 0 Å². The van der Waals surface area contributed by atoms with E-state index in [1.807, 2.05) is 43.0 Å². The fraction of sp³-hybridized carbons (Fsp3) is 0.409. The quantitative estimate of drug-likeness (QED) is 0.816. The Morgan fingerprint density at radius 2 is 1.72 bits per heavy atom. The first kappa shape index (κ1) is 17.5. The minimum Gasteiger partial charge on any atom is -0.481 e. The third-order valence-electron chi connectivity index (χ3n) is 5.04. The van der Waals surface area contributed by atoms with Crippen LogP contribution in [0.2, 0.25) is 0 Å². The molecule has 2 aromatic rings. The molecule has 0 radical (unpaired) electrons. The molecule has 132 valence electrons. The number of benzene rings is 2. The maximum Gasteiger partial charge on any atom is 0.263 e. The fourth-order valence-corrected chi connectivity index (χ4v) is 3.49. The molecule has 2 aromatic carbocycles. The molecule has 0 N–H and O–H groups in total. The van der Waals surface area contributed by atoms with Crippen molar-refractivity contribution in [2.24, 2.45) is 5.92 Å². The Kier molecular flexibility index (Phi) is 5.75. The summed E-state index contributed by atoms with van der Waals surface area (Å²) in [5, 5.41) is 0. The Morgan fingerprint density at radius 1 is 1.08 bits per heavy atom. The van der Waals surface area contributed by atoms with E-state index in [0.29, 0.717) is 5.92 Å². The second-order valence-electron chi connectivity index (χ2n) is 6.98. The number of rotatable bonds is 5. The zero-order valence-corrected chi connectivity index (χ0v) is 15.2. The first-order valence-corrected chi connectivity index (χ1v) is 9.18. The number of aryl methyl sites for hydroxylation is 1. The molecule has 25 heavy (non-hydrogen) atoms. The van der Waals surface area contributed by atoms with Crippen LogP contribution in [-0.4, -0.2) is 30.0 Å². The highest BCUT2D eigenvalue weighted by molar-refractivity contribution is 5.81. The minimum absolute atomic E-state index is 0.0985. The van der Waals surface area contributed by atoms with Gasteiger partial charge in [-0.25, -0.2) is 0 Å². The third-order valence-corrected chi connectivity index (χ3v) is 5.04. The Bertz CT molecular complexity index is 690. The maximum atomic E-state index is 12.7. The van der Waals surface area contributed by atoms with Crippen LogP contribution in [0, 0.1) is 12.8 Å². The molecule has 0 aliphatic carbocycles. The van der Waals surface area contributed by atoms with Crippen molar-refractivity contribution >= 4 is 5.91 Å². The topological polar surface area (TPSA) is 29.5 Å². The van der Waals surface area contributed by atoms with Gasteiger partial charge in [0, 0.05) is 13.1 Å². The second kappa shape index (κ2) is 8.19. The maximum absolute atomic E-state index is 12.7. The van der Waals surface area contributed by atoms with E-state index in [4.69, 9.17) is 4.74 Å². The SMILES string of the molecule is Cc1ccccc1O[C@H](C)C(=O)N1CCC(Cc2ccccc2)CC1. The molecule has 1 amide bonds. The highest BCUT2D eigenvalue weighted by Gasteiger charge is 2.27. The van der Waals surface area contributed by atoms with Gasteiger partial charge in [0.2, 0.25) is 0 Å². The number of carbonyl (C=O) groups is 1. The van der Waals surface area contributed by atoms with E-state index < -0.39 is 6.10 Å². The molecule has 1 aliphatic heterocycles. The molecule has 0 unspecified atom stereocenters. The summed E-state index contributed by atoms with van der Waals surface area (Å²) in [7, 11) is 0. The Labute approximate surface area is 150 Å².